The Balaban J connectivity index is 2.00. The summed E-state index contributed by atoms with van der Waals surface area (Å²) >= 11 is 0. The Kier molecular flexibility index (Phi) is 5.65. The molecule has 0 aliphatic carbocycles. The summed E-state index contributed by atoms with van der Waals surface area (Å²) in [5.41, 5.74) is 3.80. The van der Waals surface area contributed by atoms with Crippen LogP contribution in [0.2, 0.25) is 0 Å². The van der Waals surface area contributed by atoms with Crippen molar-refractivity contribution in [1.82, 2.24) is 5.32 Å². The van der Waals surface area contributed by atoms with Crippen molar-refractivity contribution in [2.24, 2.45) is 5.92 Å². The lowest BCUT2D eigenvalue weighted by Crippen LogP contribution is -2.37. The minimum atomic E-state index is -0.807. The highest BCUT2D eigenvalue weighted by Gasteiger charge is 2.19. The Labute approximate surface area is 142 Å². The first-order chi connectivity index (χ1) is 11.3. The van der Waals surface area contributed by atoms with Crippen LogP contribution in [-0.2, 0) is 20.7 Å². The molecule has 1 aromatic heterocycles. The van der Waals surface area contributed by atoms with E-state index in [-0.39, 0.29) is 12.3 Å². The van der Waals surface area contributed by atoms with Crippen molar-refractivity contribution in [2.75, 3.05) is 6.54 Å². The van der Waals surface area contributed by atoms with Gasteiger partial charge in [0.1, 0.15) is 5.58 Å². The van der Waals surface area contributed by atoms with Crippen molar-refractivity contribution in [2.45, 2.75) is 47.1 Å². The van der Waals surface area contributed by atoms with Crippen molar-refractivity contribution in [3.05, 3.63) is 35.1 Å². The number of rotatable bonds is 6. The van der Waals surface area contributed by atoms with E-state index in [1.165, 1.54) is 0 Å². The Morgan fingerprint density at radius 1 is 1.17 bits per heavy atom. The predicted molar refractivity (Wildman–Crippen MR) is 92.8 cm³/mol. The maximum atomic E-state index is 12.1. The Hall–Kier alpha value is -2.30. The monoisotopic (exact) mass is 331 g/mol. The maximum Gasteiger partial charge on any atom is 0.311 e. The molecule has 2 rings (SSSR count). The van der Waals surface area contributed by atoms with E-state index >= 15 is 0 Å². The molecule has 0 saturated carbocycles. The molecule has 0 aliphatic heterocycles. The number of hydrogen-bond donors (Lipinski definition) is 1. The van der Waals surface area contributed by atoms with E-state index in [0.29, 0.717) is 12.5 Å². The molecule has 0 aliphatic rings. The highest BCUT2D eigenvalue weighted by atomic mass is 16.5. The van der Waals surface area contributed by atoms with Gasteiger partial charge in [-0.1, -0.05) is 13.8 Å². The summed E-state index contributed by atoms with van der Waals surface area (Å²) in [7, 11) is 0. The quantitative estimate of drug-likeness (QED) is 0.825. The third kappa shape index (κ3) is 4.37. The number of carbonyl (C=O) groups is 2. The number of carbonyl (C=O) groups excluding carboxylic acids is 2. The number of hydrogen-bond acceptors (Lipinski definition) is 4. The molecule has 0 saturated heterocycles. The van der Waals surface area contributed by atoms with Gasteiger partial charge in [0.25, 0.3) is 5.91 Å². The molecule has 0 spiro atoms. The minimum absolute atomic E-state index is 0.0807. The molecule has 1 heterocycles. The molecule has 1 atom stereocenters. The standard InChI is InChI=1S/C19H25NO4/c1-11(2)9-20-19(22)14(5)24-18(21)8-15-10-23-17-7-13(4)12(3)6-16(15)17/h6-7,10-11,14H,8-9H2,1-5H3,(H,20,22)/t14-/m0/s1. The fourth-order valence-corrected chi connectivity index (χ4v) is 2.37. The smallest absolute Gasteiger partial charge is 0.311 e. The van der Waals surface area contributed by atoms with Crippen LogP contribution in [0.4, 0.5) is 0 Å². The molecule has 24 heavy (non-hydrogen) atoms. The average molecular weight is 331 g/mol. The zero-order valence-corrected chi connectivity index (χ0v) is 14.9. The SMILES string of the molecule is Cc1cc2occ(CC(=O)O[C@@H](C)C(=O)NCC(C)C)c2cc1C. The van der Waals surface area contributed by atoms with Gasteiger partial charge in [-0.3, -0.25) is 9.59 Å². The lowest BCUT2D eigenvalue weighted by molar-refractivity contribution is -0.154. The van der Waals surface area contributed by atoms with Gasteiger partial charge in [-0.05, 0) is 49.9 Å². The third-order valence-corrected chi connectivity index (χ3v) is 3.97. The van der Waals surface area contributed by atoms with E-state index in [2.05, 4.69) is 5.32 Å². The fourth-order valence-electron chi connectivity index (χ4n) is 2.37. The van der Waals surface area contributed by atoms with Crippen molar-refractivity contribution in [3.8, 4) is 0 Å². The fraction of sp³-hybridized carbons (Fsp3) is 0.474. The second-order valence-electron chi connectivity index (χ2n) is 6.64. The highest BCUT2D eigenvalue weighted by molar-refractivity contribution is 5.88. The van der Waals surface area contributed by atoms with Gasteiger partial charge >= 0.3 is 5.97 Å². The van der Waals surface area contributed by atoms with Crippen LogP contribution in [-0.4, -0.2) is 24.5 Å². The molecule has 1 N–H and O–H groups in total. The molecule has 0 unspecified atom stereocenters. The number of amides is 1. The van der Waals surface area contributed by atoms with Crippen molar-refractivity contribution in [3.63, 3.8) is 0 Å². The largest absolute Gasteiger partial charge is 0.464 e. The summed E-state index contributed by atoms with van der Waals surface area (Å²) in [4.78, 5) is 24.0. The van der Waals surface area contributed by atoms with Crippen molar-refractivity contribution in [1.29, 1.82) is 0 Å². The number of esters is 1. The highest BCUT2D eigenvalue weighted by Crippen LogP contribution is 2.25. The molecule has 5 heteroatoms. The molecule has 0 bridgehead atoms. The molecule has 130 valence electrons. The topological polar surface area (TPSA) is 68.5 Å². The van der Waals surface area contributed by atoms with Crippen LogP contribution in [0.25, 0.3) is 11.0 Å². The zero-order chi connectivity index (χ0) is 17.9. The molecule has 2 aromatic rings. The van der Waals surface area contributed by atoms with Gasteiger partial charge in [0.15, 0.2) is 6.10 Å². The van der Waals surface area contributed by atoms with E-state index in [1.807, 2.05) is 39.8 Å². The molecular formula is C19H25NO4. The molecule has 1 amide bonds. The van der Waals surface area contributed by atoms with Crippen LogP contribution in [0, 0.1) is 19.8 Å². The summed E-state index contributed by atoms with van der Waals surface area (Å²) in [6, 6.07) is 3.97. The Morgan fingerprint density at radius 3 is 2.50 bits per heavy atom. The van der Waals surface area contributed by atoms with Gasteiger partial charge < -0.3 is 14.5 Å². The number of fused-ring (bicyclic) bond motifs is 1. The second kappa shape index (κ2) is 7.51. The molecule has 1 aromatic carbocycles. The van der Waals surface area contributed by atoms with Crippen LogP contribution < -0.4 is 5.32 Å². The van der Waals surface area contributed by atoms with Gasteiger partial charge in [0, 0.05) is 17.5 Å². The van der Waals surface area contributed by atoms with Crippen LogP contribution in [0.3, 0.4) is 0 Å². The number of nitrogens with one attached hydrogen (secondary N) is 1. The normalized spacial score (nSPS) is 12.4. The van der Waals surface area contributed by atoms with E-state index in [0.717, 1.165) is 27.7 Å². The average Bonchev–Trinajstić information content (AvgIpc) is 2.87. The van der Waals surface area contributed by atoms with Crippen molar-refractivity contribution >= 4 is 22.8 Å². The van der Waals surface area contributed by atoms with Crippen LogP contribution in [0.1, 0.15) is 37.5 Å². The summed E-state index contributed by atoms with van der Waals surface area (Å²) in [6.07, 6.45) is 0.851. The maximum absolute atomic E-state index is 12.1. The third-order valence-electron chi connectivity index (χ3n) is 3.97. The zero-order valence-electron chi connectivity index (χ0n) is 14.9. The lowest BCUT2D eigenvalue weighted by atomic mass is 10.0. The molecule has 0 fully saturated rings. The van der Waals surface area contributed by atoms with E-state index < -0.39 is 12.1 Å². The Morgan fingerprint density at radius 2 is 1.83 bits per heavy atom. The van der Waals surface area contributed by atoms with E-state index in [4.69, 9.17) is 9.15 Å². The predicted octanol–water partition coefficient (Wildman–Crippen LogP) is 3.30. The van der Waals surface area contributed by atoms with Crippen LogP contribution in [0.15, 0.2) is 22.8 Å². The van der Waals surface area contributed by atoms with Gasteiger partial charge in [-0.2, -0.15) is 0 Å². The first kappa shape index (κ1) is 18.0. The minimum Gasteiger partial charge on any atom is -0.464 e. The number of aryl methyl sites for hydroxylation is 2. The van der Waals surface area contributed by atoms with Crippen molar-refractivity contribution < 1.29 is 18.7 Å². The van der Waals surface area contributed by atoms with Gasteiger partial charge in [-0.25, -0.2) is 0 Å². The van der Waals surface area contributed by atoms with Gasteiger partial charge in [0.2, 0.25) is 0 Å². The number of benzene rings is 1. The summed E-state index contributed by atoms with van der Waals surface area (Å²) in [5.74, 6) is -0.371. The van der Waals surface area contributed by atoms with E-state index in [1.54, 1.807) is 13.2 Å². The molecule has 0 radical (unpaired) electrons. The molecule has 5 nitrogen and oxygen atoms in total. The second-order valence-corrected chi connectivity index (χ2v) is 6.64. The first-order valence-electron chi connectivity index (χ1n) is 8.22. The summed E-state index contributed by atoms with van der Waals surface area (Å²) in [6.45, 7) is 10.2. The Bertz CT molecular complexity index is 745. The molecular weight excluding hydrogens is 306 g/mol. The van der Waals surface area contributed by atoms with Crippen LogP contribution in [0.5, 0.6) is 0 Å². The van der Waals surface area contributed by atoms with E-state index in [9.17, 15) is 9.59 Å². The number of ether oxygens (including phenoxy) is 1. The van der Waals surface area contributed by atoms with Gasteiger partial charge in [0.05, 0.1) is 12.7 Å². The number of furan rings is 1. The summed E-state index contributed by atoms with van der Waals surface area (Å²) < 4.78 is 10.7. The first-order valence-corrected chi connectivity index (χ1v) is 8.22. The van der Waals surface area contributed by atoms with Gasteiger partial charge in [-0.15, -0.1) is 0 Å². The summed E-state index contributed by atoms with van der Waals surface area (Å²) in [5, 5.41) is 3.66. The lowest BCUT2D eigenvalue weighted by Gasteiger charge is -2.14. The van der Waals surface area contributed by atoms with Crippen LogP contribution >= 0.6 is 0 Å².